The largest absolute Gasteiger partial charge is 0.382 e. The lowest BCUT2D eigenvalue weighted by Crippen LogP contribution is -2.48. The number of benzene rings is 2. The second-order valence-corrected chi connectivity index (χ2v) is 8.80. The molecule has 0 spiro atoms. The van der Waals surface area contributed by atoms with Crippen LogP contribution in [-0.2, 0) is 4.79 Å². The summed E-state index contributed by atoms with van der Waals surface area (Å²) in [4.78, 5) is 11.4. The number of ketones is 1. The molecule has 4 heteroatoms. The van der Waals surface area contributed by atoms with E-state index in [-0.39, 0.29) is 5.78 Å². The standard InChI is InChI=1S/C22H34N2O2/c1-18(25)16-23(2,3)14-9-15-24(4,5)17-22(26)21-13-8-11-19-10-6-7-12-20(19)21/h6-8,10-13,22,26H,9,14-17H2,1-5H3/q+2. The number of fused-ring (bicyclic) bond motifs is 1. The smallest absolute Gasteiger partial charge is 0.183 e. The van der Waals surface area contributed by atoms with Gasteiger partial charge in [0.2, 0.25) is 0 Å². The summed E-state index contributed by atoms with van der Waals surface area (Å²) in [5.74, 6) is 0.232. The quantitative estimate of drug-likeness (QED) is 0.700. The fraction of sp³-hybridized carbons (Fsp3) is 0.500. The first-order chi connectivity index (χ1) is 12.1. The highest BCUT2D eigenvalue weighted by Crippen LogP contribution is 2.25. The van der Waals surface area contributed by atoms with E-state index in [1.165, 1.54) is 0 Å². The van der Waals surface area contributed by atoms with Gasteiger partial charge in [0.15, 0.2) is 5.78 Å². The highest BCUT2D eigenvalue weighted by Gasteiger charge is 2.25. The number of carbonyl (C=O) groups excluding carboxylic acids is 1. The normalized spacial score (nSPS) is 13.8. The van der Waals surface area contributed by atoms with Crippen LogP contribution in [0.4, 0.5) is 0 Å². The Hall–Kier alpha value is -1.75. The summed E-state index contributed by atoms with van der Waals surface area (Å²) in [5, 5.41) is 13.2. The predicted molar refractivity (Wildman–Crippen MR) is 108 cm³/mol. The molecule has 0 aliphatic carbocycles. The lowest BCUT2D eigenvalue weighted by Gasteiger charge is -2.34. The molecule has 4 nitrogen and oxygen atoms in total. The van der Waals surface area contributed by atoms with Crippen LogP contribution in [0.5, 0.6) is 0 Å². The van der Waals surface area contributed by atoms with Crippen molar-refractivity contribution in [3.8, 4) is 0 Å². The van der Waals surface area contributed by atoms with Crippen LogP contribution in [-0.4, -0.2) is 74.2 Å². The molecular formula is C22H34N2O2+2. The van der Waals surface area contributed by atoms with Gasteiger partial charge in [0, 0.05) is 13.3 Å². The van der Waals surface area contributed by atoms with Crippen molar-refractivity contribution in [1.29, 1.82) is 0 Å². The molecule has 0 heterocycles. The molecule has 2 aromatic rings. The molecule has 0 fully saturated rings. The second-order valence-electron chi connectivity index (χ2n) is 8.80. The number of Topliss-reactive ketones (excluding diaryl/α,β-unsaturated/α-hetero) is 1. The van der Waals surface area contributed by atoms with Crippen LogP contribution < -0.4 is 0 Å². The molecule has 0 radical (unpaired) electrons. The Bertz CT molecular complexity index is 747. The molecule has 2 rings (SSSR count). The summed E-state index contributed by atoms with van der Waals surface area (Å²) in [7, 11) is 8.54. The average molecular weight is 359 g/mol. The van der Waals surface area contributed by atoms with Gasteiger partial charge in [-0.15, -0.1) is 0 Å². The van der Waals surface area contributed by atoms with Gasteiger partial charge >= 0.3 is 0 Å². The van der Waals surface area contributed by atoms with Crippen molar-refractivity contribution in [3.05, 3.63) is 48.0 Å². The number of rotatable bonds is 9. The number of carbonyl (C=O) groups is 1. The number of quaternary nitrogens is 2. The third kappa shape index (κ3) is 5.90. The second kappa shape index (κ2) is 8.30. The van der Waals surface area contributed by atoms with Gasteiger partial charge < -0.3 is 14.1 Å². The maximum Gasteiger partial charge on any atom is 0.183 e. The summed E-state index contributed by atoms with van der Waals surface area (Å²) >= 11 is 0. The van der Waals surface area contributed by atoms with Crippen molar-refractivity contribution < 1.29 is 18.9 Å². The van der Waals surface area contributed by atoms with Crippen molar-refractivity contribution in [3.63, 3.8) is 0 Å². The highest BCUT2D eigenvalue weighted by molar-refractivity contribution is 5.85. The molecule has 0 aromatic heterocycles. The Labute approximate surface area is 157 Å². The van der Waals surface area contributed by atoms with Gasteiger partial charge in [0.1, 0.15) is 19.2 Å². The number of nitrogens with zero attached hydrogens (tertiary/aromatic N) is 2. The van der Waals surface area contributed by atoms with E-state index in [2.05, 4.69) is 46.4 Å². The fourth-order valence-electron chi connectivity index (χ4n) is 3.81. The number of hydrogen-bond acceptors (Lipinski definition) is 2. The zero-order chi connectivity index (χ0) is 19.4. The van der Waals surface area contributed by atoms with Crippen LogP contribution in [0.1, 0.15) is 25.0 Å². The summed E-state index contributed by atoms with van der Waals surface area (Å²) in [6.07, 6.45) is 0.533. The van der Waals surface area contributed by atoms with Gasteiger partial charge in [-0.05, 0) is 16.3 Å². The molecule has 1 unspecified atom stereocenters. The van der Waals surface area contributed by atoms with Gasteiger partial charge in [-0.2, -0.15) is 0 Å². The van der Waals surface area contributed by atoms with Crippen LogP contribution in [0.25, 0.3) is 10.8 Å². The fourth-order valence-corrected chi connectivity index (χ4v) is 3.81. The molecule has 0 saturated heterocycles. The molecule has 142 valence electrons. The molecule has 0 bridgehead atoms. The molecule has 0 saturated carbocycles. The van der Waals surface area contributed by atoms with E-state index in [0.717, 1.165) is 44.8 Å². The molecule has 26 heavy (non-hydrogen) atoms. The van der Waals surface area contributed by atoms with E-state index in [9.17, 15) is 9.90 Å². The number of likely N-dealkylation sites (N-methyl/N-ethyl adjacent to an activating group) is 2. The highest BCUT2D eigenvalue weighted by atomic mass is 16.3. The molecule has 0 aliphatic heterocycles. The molecule has 1 N–H and O–H groups in total. The first kappa shape index (κ1) is 20.6. The first-order valence-electron chi connectivity index (χ1n) is 9.39. The van der Waals surface area contributed by atoms with Crippen molar-refractivity contribution in [1.82, 2.24) is 0 Å². The van der Waals surface area contributed by atoms with Crippen LogP contribution in [0, 0.1) is 0 Å². The minimum absolute atomic E-state index is 0.232. The van der Waals surface area contributed by atoms with Crippen molar-refractivity contribution >= 4 is 16.6 Å². The molecule has 1 atom stereocenters. The Morgan fingerprint density at radius 1 is 0.962 bits per heavy atom. The number of aliphatic hydroxyl groups excluding tert-OH is 1. The van der Waals surface area contributed by atoms with Gasteiger partial charge in [-0.25, -0.2) is 0 Å². The topological polar surface area (TPSA) is 37.3 Å². The van der Waals surface area contributed by atoms with Crippen LogP contribution in [0.3, 0.4) is 0 Å². The van der Waals surface area contributed by atoms with E-state index in [1.54, 1.807) is 6.92 Å². The predicted octanol–water partition coefficient (Wildman–Crippen LogP) is 3.01. The summed E-state index contributed by atoms with van der Waals surface area (Å²) in [5.41, 5.74) is 1.00. The Morgan fingerprint density at radius 3 is 2.27 bits per heavy atom. The van der Waals surface area contributed by atoms with Crippen LogP contribution in [0.2, 0.25) is 0 Å². The van der Waals surface area contributed by atoms with Crippen molar-refractivity contribution in [2.45, 2.75) is 19.4 Å². The zero-order valence-corrected chi connectivity index (χ0v) is 16.9. The van der Waals surface area contributed by atoms with E-state index < -0.39 is 6.10 Å². The summed E-state index contributed by atoms with van der Waals surface area (Å²) in [6.45, 7) is 4.84. The van der Waals surface area contributed by atoms with Gasteiger partial charge in [0.05, 0.1) is 41.3 Å². The minimum atomic E-state index is -0.490. The third-order valence-corrected chi connectivity index (χ3v) is 5.03. The molecular weight excluding hydrogens is 324 g/mol. The average Bonchev–Trinajstić information content (AvgIpc) is 2.52. The SMILES string of the molecule is CC(=O)C[N+](C)(C)CCC[N+](C)(C)CC(O)c1cccc2ccccc12. The monoisotopic (exact) mass is 358 g/mol. The van der Waals surface area contributed by atoms with Crippen molar-refractivity contribution in [2.75, 3.05) is 54.4 Å². The minimum Gasteiger partial charge on any atom is -0.382 e. The van der Waals surface area contributed by atoms with E-state index >= 15 is 0 Å². The maximum absolute atomic E-state index is 11.4. The van der Waals surface area contributed by atoms with Crippen LogP contribution >= 0.6 is 0 Å². The zero-order valence-electron chi connectivity index (χ0n) is 16.9. The summed E-state index contributed by atoms with van der Waals surface area (Å²) < 4.78 is 1.48. The number of aliphatic hydroxyl groups is 1. The van der Waals surface area contributed by atoms with Gasteiger partial charge in [-0.3, -0.25) is 4.79 Å². The van der Waals surface area contributed by atoms with E-state index in [1.807, 2.05) is 24.3 Å². The lowest BCUT2D eigenvalue weighted by atomic mass is 10.00. The molecule has 2 aromatic carbocycles. The Balaban J connectivity index is 1.98. The summed E-state index contributed by atoms with van der Waals surface area (Å²) in [6, 6.07) is 14.3. The Morgan fingerprint density at radius 2 is 1.58 bits per heavy atom. The molecule has 0 aliphatic rings. The van der Waals surface area contributed by atoms with E-state index in [4.69, 9.17) is 0 Å². The molecule has 0 amide bonds. The van der Waals surface area contributed by atoms with Crippen LogP contribution in [0.15, 0.2) is 42.5 Å². The van der Waals surface area contributed by atoms with Gasteiger partial charge in [0.25, 0.3) is 0 Å². The first-order valence-corrected chi connectivity index (χ1v) is 9.39. The maximum atomic E-state index is 11.4. The number of hydrogen-bond donors (Lipinski definition) is 1. The Kier molecular flexibility index (Phi) is 6.56. The third-order valence-electron chi connectivity index (χ3n) is 5.03. The van der Waals surface area contributed by atoms with E-state index in [0.29, 0.717) is 13.1 Å². The van der Waals surface area contributed by atoms with Gasteiger partial charge in [-0.1, -0.05) is 42.5 Å². The lowest BCUT2D eigenvalue weighted by molar-refractivity contribution is -0.908. The van der Waals surface area contributed by atoms with Crippen molar-refractivity contribution in [2.24, 2.45) is 0 Å².